The molecule has 0 saturated heterocycles. The second-order valence-corrected chi connectivity index (χ2v) is 4.14. The summed E-state index contributed by atoms with van der Waals surface area (Å²) in [5, 5.41) is 12.6. The molecule has 0 radical (unpaired) electrons. The summed E-state index contributed by atoms with van der Waals surface area (Å²) in [6.45, 7) is 6.05. The molecule has 0 aromatic carbocycles. The van der Waals surface area contributed by atoms with Gasteiger partial charge in [-0.3, -0.25) is 0 Å². The zero-order valence-electron chi connectivity index (χ0n) is 10.3. The van der Waals surface area contributed by atoms with E-state index in [1.165, 1.54) is 0 Å². The fourth-order valence-corrected chi connectivity index (χ4v) is 1.22. The van der Waals surface area contributed by atoms with Crippen LogP contribution in [-0.2, 0) is 4.74 Å². The van der Waals surface area contributed by atoms with E-state index in [1.54, 1.807) is 0 Å². The Hall–Kier alpha value is -0.600. The molecule has 4 N–H and O–H groups in total. The predicted octanol–water partition coefficient (Wildman–Crippen LogP) is 0.104. The quantitative estimate of drug-likeness (QED) is 0.387. The van der Waals surface area contributed by atoms with E-state index in [9.17, 15) is 5.11 Å². The van der Waals surface area contributed by atoms with Gasteiger partial charge < -0.3 is 20.9 Å². The predicted molar refractivity (Wildman–Crippen MR) is 66.0 cm³/mol. The van der Waals surface area contributed by atoms with Gasteiger partial charge >= 0.3 is 0 Å². The van der Waals surface area contributed by atoms with Crippen LogP contribution in [0.25, 0.3) is 0 Å². The van der Waals surface area contributed by atoms with Gasteiger partial charge in [0.05, 0.1) is 18.3 Å². The minimum atomic E-state index is -0.518. The zero-order chi connectivity index (χ0) is 12.4. The summed E-state index contributed by atoms with van der Waals surface area (Å²) < 4.78 is 5.65. The molecule has 0 aromatic heterocycles. The van der Waals surface area contributed by atoms with Crippen LogP contribution in [0.15, 0.2) is 0 Å². The lowest BCUT2D eigenvalue weighted by molar-refractivity contribution is -0.0679. The van der Waals surface area contributed by atoms with Crippen LogP contribution in [0, 0.1) is 12.3 Å². The molecule has 0 aromatic rings. The van der Waals surface area contributed by atoms with E-state index in [0.29, 0.717) is 32.7 Å². The highest BCUT2D eigenvalue weighted by atomic mass is 16.5. The number of nitrogens with one attached hydrogen (secondary N) is 1. The van der Waals surface area contributed by atoms with E-state index in [2.05, 4.69) is 11.2 Å². The average Bonchev–Trinajstić information content (AvgIpc) is 2.27. The molecule has 4 heteroatoms. The maximum absolute atomic E-state index is 9.62. The van der Waals surface area contributed by atoms with Gasteiger partial charge in [-0.1, -0.05) is 6.92 Å². The highest BCUT2D eigenvalue weighted by Crippen LogP contribution is 2.19. The van der Waals surface area contributed by atoms with Crippen LogP contribution in [0.1, 0.15) is 26.7 Å². The van der Waals surface area contributed by atoms with Gasteiger partial charge in [-0.15, -0.1) is 12.3 Å². The molecular weight excluding hydrogens is 204 g/mol. The molecular formula is C12H24N2O2. The van der Waals surface area contributed by atoms with Crippen LogP contribution in [0.2, 0.25) is 0 Å². The standard InChI is InChI=1S/C12H24N2O2/c1-4-6-12(3,5-2)16-10-11(15)9-14-8-7-13/h1,11,14-15H,5-10,13H2,2-3H3. The lowest BCUT2D eigenvalue weighted by atomic mass is 9.99. The first-order valence-electron chi connectivity index (χ1n) is 5.74. The van der Waals surface area contributed by atoms with E-state index in [1.807, 2.05) is 13.8 Å². The van der Waals surface area contributed by atoms with Gasteiger partial charge in [0.25, 0.3) is 0 Å². The molecule has 2 unspecified atom stereocenters. The van der Waals surface area contributed by atoms with Crippen LogP contribution < -0.4 is 11.1 Å². The summed E-state index contributed by atoms with van der Waals surface area (Å²) in [6.07, 6.45) is 6.15. The van der Waals surface area contributed by atoms with E-state index < -0.39 is 6.10 Å². The van der Waals surface area contributed by atoms with E-state index in [-0.39, 0.29) is 5.60 Å². The van der Waals surface area contributed by atoms with Crippen molar-refractivity contribution in [3.8, 4) is 12.3 Å². The molecule has 0 spiro atoms. The highest BCUT2D eigenvalue weighted by molar-refractivity contribution is 4.93. The first-order chi connectivity index (χ1) is 7.58. The van der Waals surface area contributed by atoms with Crippen molar-refractivity contribution >= 4 is 0 Å². The average molecular weight is 228 g/mol. The number of aliphatic hydroxyl groups excluding tert-OH is 1. The maximum atomic E-state index is 9.62. The molecule has 0 aliphatic rings. The fraction of sp³-hybridized carbons (Fsp3) is 0.833. The number of terminal acetylenes is 1. The highest BCUT2D eigenvalue weighted by Gasteiger charge is 2.22. The monoisotopic (exact) mass is 228 g/mol. The Labute approximate surface area is 98.6 Å². The van der Waals surface area contributed by atoms with Crippen molar-refractivity contribution in [3.05, 3.63) is 0 Å². The van der Waals surface area contributed by atoms with E-state index in [4.69, 9.17) is 16.9 Å². The summed E-state index contributed by atoms with van der Waals surface area (Å²) in [5.74, 6) is 2.60. The molecule has 0 bridgehead atoms. The number of rotatable bonds is 9. The van der Waals surface area contributed by atoms with Crippen LogP contribution in [0.3, 0.4) is 0 Å². The number of nitrogens with two attached hydrogens (primary N) is 1. The lowest BCUT2D eigenvalue weighted by Gasteiger charge is -2.28. The normalized spacial score (nSPS) is 16.4. The number of hydrogen-bond acceptors (Lipinski definition) is 4. The van der Waals surface area contributed by atoms with Gasteiger partial charge in [-0.25, -0.2) is 0 Å². The third-order valence-electron chi connectivity index (χ3n) is 2.55. The number of hydrogen-bond donors (Lipinski definition) is 3. The SMILES string of the molecule is C#CCC(C)(CC)OCC(O)CNCCN. The maximum Gasteiger partial charge on any atom is 0.0897 e. The number of aliphatic hydroxyl groups is 1. The smallest absolute Gasteiger partial charge is 0.0897 e. The van der Waals surface area contributed by atoms with Gasteiger partial charge in [0, 0.05) is 26.1 Å². The number of ether oxygens (including phenoxy) is 1. The van der Waals surface area contributed by atoms with Crippen LogP contribution >= 0.6 is 0 Å². The van der Waals surface area contributed by atoms with Gasteiger partial charge in [-0.2, -0.15) is 0 Å². The molecule has 0 rings (SSSR count). The first kappa shape index (κ1) is 15.4. The van der Waals surface area contributed by atoms with Gasteiger partial charge in [0.15, 0.2) is 0 Å². The minimum Gasteiger partial charge on any atom is -0.389 e. The van der Waals surface area contributed by atoms with E-state index in [0.717, 1.165) is 6.42 Å². The molecule has 0 heterocycles. The summed E-state index contributed by atoms with van der Waals surface area (Å²) in [4.78, 5) is 0. The molecule has 2 atom stereocenters. The molecule has 0 aliphatic heterocycles. The minimum absolute atomic E-state index is 0.295. The van der Waals surface area contributed by atoms with Crippen molar-refractivity contribution in [2.45, 2.75) is 38.4 Å². The Morgan fingerprint density at radius 3 is 2.81 bits per heavy atom. The zero-order valence-corrected chi connectivity index (χ0v) is 10.3. The van der Waals surface area contributed by atoms with Gasteiger partial charge in [0.1, 0.15) is 0 Å². The molecule has 0 aliphatic carbocycles. The second kappa shape index (κ2) is 8.54. The summed E-state index contributed by atoms with van der Waals surface area (Å²) in [6, 6.07) is 0. The Bertz CT molecular complexity index is 216. The van der Waals surface area contributed by atoms with Crippen molar-refractivity contribution in [1.29, 1.82) is 0 Å². The van der Waals surface area contributed by atoms with Crippen LogP contribution in [0.5, 0.6) is 0 Å². The Balaban J connectivity index is 3.79. The Kier molecular flexibility index (Phi) is 8.22. The van der Waals surface area contributed by atoms with Crippen molar-refractivity contribution < 1.29 is 9.84 Å². The topological polar surface area (TPSA) is 67.5 Å². The molecule has 0 amide bonds. The van der Waals surface area contributed by atoms with Crippen molar-refractivity contribution in [3.63, 3.8) is 0 Å². The van der Waals surface area contributed by atoms with E-state index >= 15 is 0 Å². The molecule has 0 saturated carbocycles. The van der Waals surface area contributed by atoms with Crippen molar-refractivity contribution in [2.75, 3.05) is 26.2 Å². The molecule has 94 valence electrons. The fourth-order valence-electron chi connectivity index (χ4n) is 1.22. The second-order valence-electron chi connectivity index (χ2n) is 4.14. The Morgan fingerprint density at radius 1 is 1.62 bits per heavy atom. The summed E-state index contributed by atoms with van der Waals surface area (Å²) >= 11 is 0. The van der Waals surface area contributed by atoms with Crippen molar-refractivity contribution in [1.82, 2.24) is 5.32 Å². The van der Waals surface area contributed by atoms with Gasteiger partial charge in [0.2, 0.25) is 0 Å². The van der Waals surface area contributed by atoms with Crippen LogP contribution in [0.4, 0.5) is 0 Å². The third-order valence-corrected chi connectivity index (χ3v) is 2.55. The molecule has 16 heavy (non-hydrogen) atoms. The van der Waals surface area contributed by atoms with Crippen LogP contribution in [-0.4, -0.2) is 43.1 Å². The molecule has 4 nitrogen and oxygen atoms in total. The Morgan fingerprint density at radius 2 is 2.31 bits per heavy atom. The lowest BCUT2D eigenvalue weighted by Crippen LogP contribution is -2.37. The van der Waals surface area contributed by atoms with Crippen molar-refractivity contribution in [2.24, 2.45) is 5.73 Å². The summed E-state index contributed by atoms with van der Waals surface area (Å²) in [5.41, 5.74) is 4.99. The van der Waals surface area contributed by atoms with Gasteiger partial charge in [-0.05, 0) is 13.3 Å². The molecule has 0 fully saturated rings. The largest absolute Gasteiger partial charge is 0.389 e. The first-order valence-corrected chi connectivity index (χ1v) is 5.74. The summed E-state index contributed by atoms with van der Waals surface area (Å²) in [7, 11) is 0. The third kappa shape index (κ3) is 6.81.